The maximum Gasteiger partial charge on any atom is 0.472 e. The van der Waals surface area contributed by atoms with Crippen LogP contribution in [0.2, 0.25) is 0 Å². The molecule has 0 bridgehead atoms. The van der Waals surface area contributed by atoms with E-state index in [0.717, 1.165) is 114 Å². The van der Waals surface area contributed by atoms with Crippen LogP contribution in [-0.2, 0) is 65.4 Å². The highest BCUT2D eigenvalue weighted by molar-refractivity contribution is 7.47. The molecule has 0 amide bonds. The predicted octanol–water partition coefficient (Wildman–Crippen LogP) is 24.0. The normalized spacial score (nSPS) is 14.0. The van der Waals surface area contributed by atoms with E-state index in [1.54, 1.807) is 0 Å². The number of rotatable bonds is 78. The minimum Gasteiger partial charge on any atom is -0.462 e. The number of aliphatic hydroxyl groups excluding tert-OH is 1. The molecule has 0 aliphatic carbocycles. The van der Waals surface area contributed by atoms with Crippen LogP contribution in [0.4, 0.5) is 0 Å². The van der Waals surface area contributed by atoms with E-state index >= 15 is 0 Å². The smallest absolute Gasteiger partial charge is 0.462 e. The summed E-state index contributed by atoms with van der Waals surface area (Å²) < 4.78 is 68.7. The topological polar surface area (TPSA) is 237 Å². The van der Waals surface area contributed by atoms with Gasteiger partial charge in [-0.2, -0.15) is 0 Å². The molecule has 0 aromatic carbocycles. The summed E-state index contributed by atoms with van der Waals surface area (Å²) >= 11 is 0. The van der Waals surface area contributed by atoms with Crippen LogP contribution in [0.5, 0.6) is 0 Å². The van der Waals surface area contributed by atoms with Crippen molar-refractivity contribution >= 4 is 39.5 Å². The highest BCUT2D eigenvalue weighted by atomic mass is 31.2. The molecule has 0 heterocycles. The lowest BCUT2D eigenvalue weighted by Gasteiger charge is -2.21. The first-order chi connectivity index (χ1) is 48.1. The zero-order valence-corrected chi connectivity index (χ0v) is 67.6. The second kappa shape index (κ2) is 70.1. The molecule has 0 aliphatic rings. The first kappa shape index (κ1) is 98.1. The summed E-state index contributed by atoms with van der Waals surface area (Å²) in [6.45, 7) is 14.2. The number of hydrogen-bond donors (Lipinski definition) is 3. The summed E-state index contributed by atoms with van der Waals surface area (Å²) in [6, 6.07) is 0. The average Bonchev–Trinajstić information content (AvgIpc) is 0.918. The van der Waals surface area contributed by atoms with Gasteiger partial charge in [0.1, 0.15) is 19.3 Å². The number of unbranched alkanes of at least 4 members (excludes halogenated alkanes) is 44. The summed E-state index contributed by atoms with van der Waals surface area (Å²) in [5.74, 6) is 0.947. The Kier molecular flexibility index (Phi) is 68.7. The van der Waals surface area contributed by atoms with Gasteiger partial charge in [0.25, 0.3) is 0 Å². The van der Waals surface area contributed by atoms with Gasteiger partial charge in [-0.15, -0.1) is 0 Å². The Morgan fingerprint density at radius 1 is 0.250 bits per heavy atom. The third-order valence-electron chi connectivity index (χ3n) is 18.8. The van der Waals surface area contributed by atoms with Gasteiger partial charge in [-0.3, -0.25) is 37.3 Å². The summed E-state index contributed by atoms with van der Waals surface area (Å²) in [7, 11) is -9.92. The molecular weight excluding hydrogens is 1310 g/mol. The van der Waals surface area contributed by atoms with Crippen molar-refractivity contribution in [3.63, 3.8) is 0 Å². The van der Waals surface area contributed by atoms with Gasteiger partial charge in [-0.25, -0.2) is 9.13 Å². The van der Waals surface area contributed by atoms with E-state index in [-0.39, 0.29) is 25.7 Å². The molecule has 0 radical (unpaired) electrons. The van der Waals surface area contributed by atoms with E-state index in [2.05, 4.69) is 55.4 Å². The molecule has 0 aromatic rings. The van der Waals surface area contributed by atoms with E-state index < -0.39 is 97.5 Å². The molecule has 0 saturated carbocycles. The van der Waals surface area contributed by atoms with Crippen molar-refractivity contribution in [1.29, 1.82) is 0 Å². The van der Waals surface area contributed by atoms with Crippen LogP contribution in [-0.4, -0.2) is 96.7 Å². The molecule has 0 aromatic heterocycles. The van der Waals surface area contributed by atoms with E-state index in [1.165, 1.54) is 212 Å². The fourth-order valence-corrected chi connectivity index (χ4v) is 14.0. The lowest BCUT2D eigenvalue weighted by molar-refractivity contribution is -0.161. The number of ether oxygens (including phenoxy) is 4. The van der Waals surface area contributed by atoms with Crippen molar-refractivity contribution in [2.75, 3.05) is 39.6 Å². The summed E-state index contributed by atoms with van der Waals surface area (Å²) in [6.07, 6.45) is 57.1. The van der Waals surface area contributed by atoms with Gasteiger partial charge in [0, 0.05) is 25.7 Å². The number of phosphoric ester groups is 2. The highest BCUT2D eigenvalue weighted by Gasteiger charge is 2.30. The zero-order chi connectivity index (χ0) is 73.8. The second-order valence-corrected chi connectivity index (χ2v) is 34.0. The van der Waals surface area contributed by atoms with E-state index in [0.29, 0.717) is 31.6 Å². The number of phosphoric acid groups is 2. The lowest BCUT2D eigenvalue weighted by Crippen LogP contribution is -2.30. The standard InChI is InChI=1S/C81H158O17P2/c1-71(2)57-49-41-33-26-21-17-13-9-11-15-19-23-29-37-45-53-61-78(83)91-67-76(97-80(85)63-55-47-38-30-24-20-16-12-10-14-18-22-27-34-42-50-58-72(3)4)69-95-99(87,88)93-65-75(82)66-94-100(89,90)96-70-77(68-92-79(84)62-54-46-40-32-36-44-52-60-74(7)8)98-81(86)64-56-48-39-31-25-28-35-43-51-59-73(5)6/h71-77,82H,9-70H2,1-8H3,(H,87,88)(H,89,90)/t75?,76-,77-/m1/s1. The maximum atomic E-state index is 13.1. The fourth-order valence-electron chi connectivity index (χ4n) is 12.4. The largest absolute Gasteiger partial charge is 0.472 e. The number of hydrogen-bond acceptors (Lipinski definition) is 15. The van der Waals surface area contributed by atoms with Gasteiger partial charge >= 0.3 is 39.5 Å². The van der Waals surface area contributed by atoms with Crippen LogP contribution in [0.1, 0.15) is 415 Å². The Morgan fingerprint density at radius 3 is 0.620 bits per heavy atom. The second-order valence-electron chi connectivity index (χ2n) is 31.1. The molecule has 0 aliphatic heterocycles. The molecule has 3 N–H and O–H groups in total. The van der Waals surface area contributed by atoms with Crippen molar-refractivity contribution in [2.45, 2.75) is 433 Å². The first-order valence-corrected chi connectivity index (χ1v) is 44.7. The maximum absolute atomic E-state index is 13.1. The first-order valence-electron chi connectivity index (χ1n) is 41.7. The SMILES string of the molecule is CC(C)CCCCCCCCCCCCCCCCCCC(=O)OC[C@H](COP(=O)(O)OCC(O)COP(=O)(O)OC[C@@H](COC(=O)CCCCCCCCCC(C)C)OC(=O)CCCCCCCCCCCC(C)C)OC(=O)CCCCCCCCCCCCCCCCCCC(C)C. The molecule has 594 valence electrons. The van der Waals surface area contributed by atoms with Crippen LogP contribution >= 0.6 is 15.6 Å². The van der Waals surface area contributed by atoms with Gasteiger partial charge in [0.15, 0.2) is 12.2 Å². The molecule has 100 heavy (non-hydrogen) atoms. The van der Waals surface area contributed by atoms with E-state index in [9.17, 15) is 43.2 Å². The third-order valence-corrected chi connectivity index (χ3v) is 20.7. The van der Waals surface area contributed by atoms with E-state index in [4.69, 9.17) is 37.0 Å². The van der Waals surface area contributed by atoms with Gasteiger partial charge in [-0.05, 0) is 49.4 Å². The van der Waals surface area contributed by atoms with Crippen molar-refractivity contribution in [2.24, 2.45) is 23.7 Å². The van der Waals surface area contributed by atoms with Gasteiger partial charge in [-0.1, -0.05) is 364 Å². The van der Waals surface area contributed by atoms with Crippen LogP contribution in [0, 0.1) is 23.7 Å². The monoisotopic (exact) mass is 1470 g/mol. The molecule has 19 heteroatoms. The molecule has 17 nitrogen and oxygen atoms in total. The summed E-state index contributed by atoms with van der Waals surface area (Å²) in [5.41, 5.74) is 0. The Morgan fingerprint density at radius 2 is 0.420 bits per heavy atom. The lowest BCUT2D eigenvalue weighted by atomic mass is 10.0. The number of esters is 4. The molecule has 0 rings (SSSR count). The van der Waals surface area contributed by atoms with Gasteiger partial charge < -0.3 is 33.8 Å². The number of carbonyl (C=O) groups excluding carboxylic acids is 4. The quantitative estimate of drug-likeness (QED) is 0.0222. The third kappa shape index (κ3) is 74.3. The van der Waals surface area contributed by atoms with Crippen molar-refractivity contribution in [1.82, 2.24) is 0 Å². The molecule has 5 atom stereocenters. The van der Waals surface area contributed by atoms with Crippen LogP contribution in [0.3, 0.4) is 0 Å². The van der Waals surface area contributed by atoms with Crippen LogP contribution in [0.25, 0.3) is 0 Å². The highest BCUT2D eigenvalue weighted by Crippen LogP contribution is 2.45. The molecule has 0 fully saturated rings. The van der Waals surface area contributed by atoms with E-state index in [1.807, 2.05) is 0 Å². The minimum atomic E-state index is -4.96. The van der Waals surface area contributed by atoms with Crippen molar-refractivity contribution in [3.05, 3.63) is 0 Å². The number of carbonyl (C=O) groups is 4. The Balaban J connectivity index is 5.23. The molecule has 0 saturated heterocycles. The fraction of sp³-hybridized carbons (Fsp3) is 0.951. The number of aliphatic hydroxyl groups is 1. The Bertz CT molecular complexity index is 1950. The van der Waals surface area contributed by atoms with Gasteiger partial charge in [0.05, 0.1) is 26.4 Å². The molecular formula is C81H158O17P2. The van der Waals surface area contributed by atoms with Crippen LogP contribution in [0.15, 0.2) is 0 Å². The predicted molar refractivity (Wildman–Crippen MR) is 409 cm³/mol. The summed E-state index contributed by atoms with van der Waals surface area (Å²) in [4.78, 5) is 73.0. The Labute approximate surface area is 613 Å². The average molecular weight is 1470 g/mol. The molecule has 0 spiro atoms. The minimum absolute atomic E-state index is 0.104. The van der Waals surface area contributed by atoms with Crippen LogP contribution < -0.4 is 0 Å². The summed E-state index contributed by atoms with van der Waals surface area (Å²) in [5, 5.41) is 10.6. The van der Waals surface area contributed by atoms with Crippen molar-refractivity contribution < 1.29 is 80.2 Å². The molecule has 3 unspecified atom stereocenters. The van der Waals surface area contributed by atoms with Crippen molar-refractivity contribution in [3.8, 4) is 0 Å². The Hall–Kier alpha value is -1.94. The zero-order valence-electron chi connectivity index (χ0n) is 65.8. The van der Waals surface area contributed by atoms with Gasteiger partial charge in [0.2, 0.25) is 0 Å².